The Morgan fingerprint density at radius 1 is 1.57 bits per heavy atom. The van der Waals surface area contributed by atoms with Crippen molar-refractivity contribution in [1.29, 1.82) is 0 Å². The summed E-state index contributed by atoms with van der Waals surface area (Å²) < 4.78 is 30.2. The van der Waals surface area contributed by atoms with Gasteiger partial charge in [0.2, 0.25) is 5.92 Å². The first-order chi connectivity index (χ1) is 6.50. The van der Waals surface area contributed by atoms with Crippen molar-refractivity contribution in [1.82, 2.24) is 0 Å². The lowest BCUT2D eigenvalue weighted by molar-refractivity contribution is -0.155. The second-order valence-corrected chi connectivity index (χ2v) is 3.53. The molecule has 0 bridgehead atoms. The summed E-state index contributed by atoms with van der Waals surface area (Å²) >= 11 is 0. The lowest BCUT2D eigenvalue weighted by Crippen LogP contribution is -2.37. The highest BCUT2D eigenvalue weighted by molar-refractivity contribution is 5.77. The standard InChI is InChI=1S/C9H12F2O3/c1-14-8(13)7-2-3-9(10,11)4-6(7)5-12/h5-7H,2-4H2,1H3/t6-,7+/m0/s1. The van der Waals surface area contributed by atoms with Gasteiger partial charge in [-0.2, -0.15) is 0 Å². The Bertz CT molecular complexity index is 240. The van der Waals surface area contributed by atoms with Gasteiger partial charge in [-0.15, -0.1) is 0 Å². The first kappa shape index (κ1) is 11.1. The van der Waals surface area contributed by atoms with E-state index in [2.05, 4.69) is 4.74 Å². The van der Waals surface area contributed by atoms with Crippen LogP contribution in [-0.2, 0) is 14.3 Å². The Balaban J connectivity index is 2.71. The van der Waals surface area contributed by atoms with E-state index in [1.165, 1.54) is 7.11 Å². The molecule has 1 saturated carbocycles. The lowest BCUT2D eigenvalue weighted by Gasteiger charge is -2.31. The van der Waals surface area contributed by atoms with E-state index in [1.807, 2.05) is 0 Å². The average molecular weight is 206 g/mol. The van der Waals surface area contributed by atoms with Gasteiger partial charge in [0.1, 0.15) is 6.29 Å². The summed E-state index contributed by atoms with van der Waals surface area (Å²) in [5.74, 6) is -5.00. The van der Waals surface area contributed by atoms with Crippen molar-refractivity contribution in [2.75, 3.05) is 7.11 Å². The highest BCUT2D eigenvalue weighted by Crippen LogP contribution is 2.39. The van der Waals surface area contributed by atoms with Gasteiger partial charge in [-0.1, -0.05) is 0 Å². The van der Waals surface area contributed by atoms with Gasteiger partial charge in [0.15, 0.2) is 0 Å². The van der Waals surface area contributed by atoms with E-state index in [1.54, 1.807) is 0 Å². The van der Waals surface area contributed by atoms with Crippen molar-refractivity contribution in [2.45, 2.75) is 25.2 Å². The van der Waals surface area contributed by atoms with E-state index in [9.17, 15) is 18.4 Å². The molecule has 0 aromatic carbocycles. The van der Waals surface area contributed by atoms with Crippen LogP contribution in [0.1, 0.15) is 19.3 Å². The van der Waals surface area contributed by atoms with Crippen LogP contribution >= 0.6 is 0 Å². The van der Waals surface area contributed by atoms with Crippen LogP contribution in [0, 0.1) is 11.8 Å². The SMILES string of the molecule is COC(=O)[C@@H]1CCC(F)(F)C[C@H]1C=O. The number of hydrogen-bond acceptors (Lipinski definition) is 3. The molecule has 0 aliphatic heterocycles. The van der Waals surface area contributed by atoms with Gasteiger partial charge in [-0.3, -0.25) is 4.79 Å². The zero-order chi connectivity index (χ0) is 10.8. The van der Waals surface area contributed by atoms with Gasteiger partial charge in [0, 0.05) is 18.8 Å². The molecule has 1 aliphatic carbocycles. The molecule has 5 heteroatoms. The summed E-state index contributed by atoms with van der Waals surface area (Å²) in [5, 5.41) is 0. The van der Waals surface area contributed by atoms with Gasteiger partial charge < -0.3 is 9.53 Å². The number of hydrogen-bond donors (Lipinski definition) is 0. The maximum atomic E-state index is 12.9. The molecule has 1 fully saturated rings. The summed E-state index contributed by atoms with van der Waals surface area (Å²) in [6, 6.07) is 0. The number of esters is 1. The molecule has 0 amide bonds. The van der Waals surface area contributed by atoms with Crippen molar-refractivity contribution < 1.29 is 23.1 Å². The fraction of sp³-hybridized carbons (Fsp3) is 0.778. The number of carbonyl (C=O) groups excluding carboxylic acids is 2. The number of carbonyl (C=O) groups is 2. The normalized spacial score (nSPS) is 30.8. The fourth-order valence-electron chi connectivity index (χ4n) is 1.76. The summed E-state index contributed by atoms with van der Waals surface area (Å²) in [6.07, 6.45) is -0.453. The van der Waals surface area contributed by atoms with Crippen molar-refractivity contribution in [3.8, 4) is 0 Å². The molecule has 0 heterocycles. The van der Waals surface area contributed by atoms with Gasteiger partial charge in [0.05, 0.1) is 13.0 Å². The summed E-state index contributed by atoms with van der Waals surface area (Å²) in [6.45, 7) is 0. The van der Waals surface area contributed by atoms with Gasteiger partial charge in [-0.05, 0) is 6.42 Å². The second kappa shape index (κ2) is 4.02. The molecule has 14 heavy (non-hydrogen) atoms. The third-order valence-electron chi connectivity index (χ3n) is 2.55. The average Bonchev–Trinajstić information content (AvgIpc) is 2.15. The van der Waals surface area contributed by atoms with Crippen LogP contribution < -0.4 is 0 Å². The Morgan fingerprint density at radius 2 is 2.21 bits per heavy atom. The number of methoxy groups -OCH3 is 1. The highest BCUT2D eigenvalue weighted by atomic mass is 19.3. The summed E-state index contributed by atoms with van der Waals surface area (Å²) in [7, 11) is 1.19. The largest absolute Gasteiger partial charge is 0.469 e. The molecule has 0 aromatic heterocycles. The van der Waals surface area contributed by atoms with E-state index in [0.717, 1.165) is 0 Å². The quantitative estimate of drug-likeness (QED) is 0.506. The van der Waals surface area contributed by atoms with Crippen LogP contribution in [0.2, 0.25) is 0 Å². The van der Waals surface area contributed by atoms with Crippen LogP contribution in [0.25, 0.3) is 0 Å². The maximum absolute atomic E-state index is 12.9. The van der Waals surface area contributed by atoms with Crippen LogP contribution in [-0.4, -0.2) is 25.3 Å². The molecule has 80 valence electrons. The van der Waals surface area contributed by atoms with Crippen molar-refractivity contribution in [3.63, 3.8) is 0 Å². The molecule has 0 spiro atoms. The second-order valence-electron chi connectivity index (χ2n) is 3.53. The lowest BCUT2D eigenvalue weighted by atomic mass is 9.78. The third-order valence-corrected chi connectivity index (χ3v) is 2.55. The summed E-state index contributed by atoms with van der Waals surface area (Å²) in [5.41, 5.74) is 0. The third kappa shape index (κ3) is 2.27. The minimum atomic E-state index is -2.82. The van der Waals surface area contributed by atoms with Crippen molar-refractivity contribution in [2.24, 2.45) is 11.8 Å². The van der Waals surface area contributed by atoms with Crippen LogP contribution in [0.3, 0.4) is 0 Å². The number of alkyl halides is 2. The van der Waals surface area contributed by atoms with Gasteiger partial charge in [0.25, 0.3) is 0 Å². The van der Waals surface area contributed by atoms with Crippen LogP contribution in [0.4, 0.5) is 8.78 Å². The zero-order valence-electron chi connectivity index (χ0n) is 7.83. The van der Waals surface area contributed by atoms with Gasteiger partial charge in [-0.25, -0.2) is 8.78 Å². The van der Waals surface area contributed by atoms with E-state index >= 15 is 0 Å². The van der Waals surface area contributed by atoms with Gasteiger partial charge >= 0.3 is 5.97 Å². The number of ether oxygens (including phenoxy) is 1. The Hall–Kier alpha value is -1.00. The Kier molecular flexibility index (Phi) is 3.18. The fourth-order valence-corrected chi connectivity index (χ4v) is 1.76. The summed E-state index contributed by atoms with van der Waals surface area (Å²) in [4.78, 5) is 21.7. The van der Waals surface area contributed by atoms with Crippen LogP contribution in [0.5, 0.6) is 0 Å². The molecule has 1 aliphatic rings. The van der Waals surface area contributed by atoms with Crippen LogP contribution in [0.15, 0.2) is 0 Å². The zero-order valence-corrected chi connectivity index (χ0v) is 7.83. The maximum Gasteiger partial charge on any atom is 0.309 e. The molecule has 0 unspecified atom stereocenters. The molecular formula is C9H12F2O3. The minimum Gasteiger partial charge on any atom is -0.469 e. The molecule has 0 N–H and O–H groups in total. The Morgan fingerprint density at radius 3 is 2.71 bits per heavy atom. The first-order valence-electron chi connectivity index (χ1n) is 4.41. The molecular weight excluding hydrogens is 194 g/mol. The monoisotopic (exact) mass is 206 g/mol. The first-order valence-corrected chi connectivity index (χ1v) is 4.41. The van der Waals surface area contributed by atoms with E-state index in [-0.39, 0.29) is 12.8 Å². The molecule has 1 rings (SSSR count). The topological polar surface area (TPSA) is 43.4 Å². The smallest absolute Gasteiger partial charge is 0.309 e. The minimum absolute atomic E-state index is 0.0169. The predicted molar refractivity (Wildman–Crippen MR) is 43.9 cm³/mol. The molecule has 3 nitrogen and oxygen atoms in total. The molecule has 0 saturated heterocycles. The van der Waals surface area contributed by atoms with Crippen molar-refractivity contribution >= 4 is 12.3 Å². The molecule has 0 radical (unpaired) electrons. The highest BCUT2D eigenvalue weighted by Gasteiger charge is 2.44. The predicted octanol–water partition coefficient (Wildman–Crippen LogP) is 1.41. The number of rotatable bonds is 2. The van der Waals surface area contributed by atoms with E-state index < -0.39 is 30.1 Å². The molecule has 2 atom stereocenters. The number of halogens is 2. The number of aldehydes is 1. The van der Waals surface area contributed by atoms with E-state index in [4.69, 9.17) is 0 Å². The van der Waals surface area contributed by atoms with E-state index in [0.29, 0.717) is 6.29 Å². The Labute approximate surface area is 80.4 Å². The molecule has 0 aromatic rings. The van der Waals surface area contributed by atoms with Crippen molar-refractivity contribution in [3.05, 3.63) is 0 Å².